The first-order chi connectivity index (χ1) is 20.7. The Kier molecular flexibility index (Phi) is 10.7. The SMILES string of the molecule is CC(=O)N[C@H]1C(Oc2ccccc2)O[C@H](COCc2ccccc2)[C@@H](OCc2ccccc2)[C@@H]1OCc1ccccc1. The summed E-state index contributed by atoms with van der Waals surface area (Å²) in [5, 5.41) is 3.03. The van der Waals surface area contributed by atoms with Crippen molar-refractivity contribution in [3.63, 3.8) is 0 Å². The van der Waals surface area contributed by atoms with Gasteiger partial charge in [-0.1, -0.05) is 109 Å². The van der Waals surface area contributed by atoms with Crippen molar-refractivity contribution in [1.29, 1.82) is 0 Å². The lowest BCUT2D eigenvalue weighted by molar-refractivity contribution is -0.270. The lowest BCUT2D eigenvalue weighted by Gasteiger charge is -2.46. The molecule has 1 fully saturated rings. The summed E-state index contributed by atoms with van der Waals surface area (Å²) in [6.07, 6.45) is -2.57. The van der Waals surface area contributed by atoms with Gasteiger partial charge in [0.05, 0.1) is 26.4 Å². The van der Waals surface area contributed by atoms with E-state index >= 15 is 0 Å². The van der Waals surface area contributed by atoms with E-state index in [-0.39, 0.29) is 12.5 Å². The minimum atomic E-state index is -0.848. The Morgan fingerprint density at radius 3 is 1.67 bits per heavy atom. The van der Waals surface area contributed by atoms with Crippen molar-refractivity contribution >= 4 is 5.91 Å². The standard InChI is InChI=1S/C35H37NO6/c1-26(37)36-32-34(40-24-29-18-10-4-11-19-29)33(39-23-28-16-8-3-9-17-28)31(25-38-22-27-14-6-2-7-15-27)42-35(32)41-30-20-12-5-13-21-30/h2-21,31-35H,22-25H2,1H3,(H,36,37)/t31-,32-,33-,34-,35?/m1/s1. The van der Waals surface area contributed by atoms with Crippen molar-refractivity contribution in [3.05, 3.63) is 138 Å². The number of hydrogen-bond acceptors (Lipinski definition) is 6. The third-order valence-electron chi connectivity index (χ3n) is 6.98. The van der Waals surface area contributed by atoms with Gasteiger partial charge in [0.2, 0.25) is 12.2 Å². The molecule has 0 radical (unpaired) electrons. The van der Waals surface area contributed by atoms with E-state index in [1.165, 1.54) is 6.92 Å². The summed E-state index contributed by atoms with van der Waals surface area (Å²) in [5.41, 5.74) is 3.08. The fourth-order valence-corrected chi connectivity index (χ4v) is 4.96. The maximum atomic E-state index is 12.5. The highest BCUT2D eigenvalue weighted by molar-refractivity contribution is 5.73. The number of hydrogen-bond donors (Lipinski definition) is 1. The van der Waals surface area contributed by atoms with Gasteiger partial charge in [-0.2, -0.15) is 0 Å². The largest absolute Gasteiger partial charge is 0.463 e. The maximum Gasteiger partial charge on any atom is 0.223 e. The minimum absolute atomic E-state index is 0.223. The van der Waals surface area contributed by atoms with Crippen LogP contribution in [0.15, 0.2) is 121 Å². The molecule has 7 heteroatoms. The van der Waals surface area contributed by atoms with Crippen molar-refractivity contribution in [2.45, 2.75) is 57.4 Å². The van der Waals surface area contributed by atoms with Gasteiger partial charge in [0.15, 0.2) is 0 Å². The Balaban J connectivity index is 1.44. The average Bonchev–Trinajstić information content (AvgIpc) is 3.02. The quantitative estimate of drug-likeness (QED) is 0.224. The van der Waals surface area contributed by atoms with Gasteiger partial charge in [-0.25, -0.2) is 0 Å². The van der Waals surface area contributed by atoms with E-state index in [2.05, 4.69) is 5.32 Å². The zero-order valence-electron chi connectivity index (χ0n) is 23.7. The number of carbonyl (C=O) groups is 1. The fourth-order valence-electron chi connectivity index (χ4n) is 4.96. The van der Waals surface area contributed by atoms with Crippen LogP contribution in [0.2, 0.25) is 0 Å². The molecule has 1 aliphatic rings. The Labute approximate surface area is 247 Å². The highest BCUT2D eigenvalue weighted by Gasteiger charge is 2.49. The van der Waals surface area contributed by atoms with Crippen LogP contribution in [-0.2, 0) is 43.6 Å². The summed E-state index contributed by atoms with van der Waals surface area (Å²) in [5.74, 6) is 0.395. The summed E-state index contributed by atoms with van der Waals surface area (Å²) >= 11 is 0. The lowest BCUT2D eigenvalue weighted by Crippen LogP contribution is -2.66. The Morgan fingerprint density at radius 1 is 0.667 bits per heavy atom. The molecule has 4 aromatic rings. The van der Waals surface area contributed by atoms with Gasteiger partial charge in [-0.15, -0.1) is 0 Å². The van der Waals surface area contributed by atoms with Crippen molar-refractivity contribution in [1.82, 2.24) is 5.32 Å². The average molecular weight is 568 g/mol. The van der Waals surface area contributed by atoms with Crippen LogP contribution in [0, 0.1) is 0 Å². The van der Waals surface area contributed by atoms with E-state index in [9.17, 15) is 4.79 Å². The summed E-state index contributed by atoms with van der Waals surface area (Å²) in [7, 11) is 0. The van der Waals surface area contributed by atoms with Crippen molar-refractivity contribution < 1.29 is 28.5 Å². The molecular formula is C35H37NO6. The number of ether oxygens (including phenoxy) is 5. The number of nitrogens with one attached hydrogen (secondary N) is 1. The van der Waals surface area contributed by atoms with E-state index in [1.54, 1.807) is 0 Å². The van der Waals surface area contributed by atoms with Crippen LogP contribution in [0.1, 0.15) is 23.6 Å². The number of rotatable bonds is 13. The molecule has 0 saturated carbocycles. The minimum Gasteiger partial charge on any atom is -0.463 e. The van der Waals surface area contributed by atoms with E-state index in [1.807, 2.05) is 121 Å². The molecule has 7 nitrogen and oxygen atoms in total. The summed E-state index contributed by atoms with van der Waals surface area (Å²) in [6, 6.07) is 38.6. The fraction of sp³-hybridized carbons (Fsp3) is 0.286. The molecule has 0 aromatic heterocycles. The van der Waals surface area contributed by atoms with Crippen LogP contribution in [-0.4, -0.2) is 43.2 Å². The second-order valence-corrected chi connectivity index (χ2v) is 10.2. The summed E-state index contributed by atoms with van der Waals surface area (Å²) in [4.78, 5) is 12.5. The van der Waals surface area contributed by atoms with Crippen LogP contribution in [0.3, 0.4) is 0 Å². The number of carbonyl (C=O) groups excluding carboxylic acids is 1. The molecule has 218 valence electrons. The first-order valence-corrected chi connectivity index (χ1v) is 14.2. The highest BCUT2D eigenvalue weighted by Crippen LogP contribution is 2.30. The highest BCUT2D eigenvalue weighted by atomic mass is 16.7. The van der Waals surface area contributed by atoms with Gasteiger partial charge in [0.25, 0.3) is 0 Å². The molecule has 0 spiro atoms. The molecule has 0 bridgehead atoms. The Bertz CT molecular complexity index is 1340. The molecule has 4 aromatic carbocycles. The van der Waals surface area contributed by atoms with Gasteiger partial charge >= 0.3 is 0 Å². The molecule has 1 heterocycles. The molecule has 1 amide bonds. The van der Waals surface area contributed by atoms with Gasteiger partial charge < -0.3 is 29.0 Å². The predicted molar refractivity (Wildman–Crippen MR) is 159 cm³/mol. The number of benzene rings is 4. The van der Waals surface area contributed by atoms with Crippen molar-refractivity contribution in [2.24, 2.45) is 0 Å². The maximum absolute atomic E-state index is 12.5. The lowest BCUT2D eigenvalue weighted by atomic mass is 9.95. The van der Waals surface area contributed by atoms with E-state index in [0.29, 0.717) is 25.6 Å². The summed E-state index contributed by atoms with van der Waals surface area (Å²) in [6.45, 7) is 2.79. The molecule has 1 saturated heterocycles. The van der Waals surface area contributed by atoms with Crippen LogP contribution in [0.4, 0.5) is 0 Å². The topological polar surface area (TPSA) is 75.3 Å². The van der Waals surface area contributed by atoms with E-state index in [0.717, 1.165) is 16.7 Å². The smallest absolute Gasteiger partial charge is 0.223 e. The third kappa shape index (κ3) is 8.50. The number of amides is 1. The molecule has 42 heavy (non-hydrogen) atoms. The Morgan fingerprint density at radius 2 is 1.14 bits per heavy atom. The number of para-hydroxylation sites is 1. The van der Waals surface area contributed by atoms with Crippen LogP contribution < -0.4 is 10.1 Å². The van der Waals surface area contributed by atoms with Crippen molar-refractivity contribution in [3.8, 4) is 5.75 Å². The Hall–Kier alpha value is -4.01. The van der Waals surface area contributed by atoms with Crippen molar-refractivity contribution in [2.75, 3.05) is 6.61 Å². The van der Waals surface area contributed by atoms with Crippen LogP contribution in [0.25, 0.3) is 0 Å². The van der Waals surface area contributed by atoms with Gasteiger partial charge in [-0.05, 0) is 28.8 Å². The zero-order valence-corrected chi connectivity index (χ0v) is 23.7. The summed E-state index contributed by atoms with van der Waals surface area (Å²) < 4.78 is 32.2. The second kappa shape index (κ2) is 15.3. The molecular weight excluding hydrogens is 530 g/mol. The van der Waals surface area contributed by atoms with Gasteiger partial charge in [0.1, 0.15) is 30.1 Å². The third-order valence-corrected chi connectivity index (χ3v) is 6.98. The first-order valence-electron chi connectivity index (χ1n) is 14.2. The van der Waals surface area contributed by atoms with E-state index < -0.39 is 30.6 Å². The molecule has 1 aliphatic heterocycles. The molecule has 0 aliphatic carbocycles. The monoisotopic (exact) mass is 567 g/mol. The normalized spacial score (nSPS) is 21.9. The first kappa shape index (κ1) is 29.5. The molecule has 5 rings (SSSR count). The van der Waals surface area contributed by atoms with Gasteiger partial charge in [-0.3, -0.25) is 4.79 Å². The molecule has 1 unspecified atom stereocenters. The van der Waals surface area contributed by atoms with Crippen LogP contribution >= 0.6 is 0 Å². The zero-order chi connectivity index (χ0) is 29.0. The van der Waals surface area contributed by atoms with Gasteiger partial charge in [0, 0.05) is 6.92 Å². The van der Waals surface area contributed by atoms with Crippen LogP contribution in [0.5, 0.6) is 5.75 Å². The predicted octanol–water partition coefficient (Wildman–Crippen LogP) is 5.68. The molecule has 1 N–H and O–H groups in total. The van der Waals surface area contributed by atoms with E-state index in [4.69, 9.17) is 23.7 Å². The second-order valence-electron chi connectivity index (χ2n) is 10.2. The molecule has 5 atom stereocenters.